The van der Waals surface area contributed by atoms with Gasteiger partial charge in [0.15, 0.2) is 23.3 Å². The first-order valence-electron chi connectivity index (χ1n) is 5.45. The van der Waals surface area contributed by atoms with Crippen LogP contribution in [0.2, 0.25) is 0 Å². The van der Waals surface area contributed by atoms with Crippen LogP contribution in [-0.2, 0) is 14.4 Å². The molecule has 6 nitrogen and oxygen atoms in total. The number of hydrogen-bond acceptors (Lipinski definition) is 5. The molecule has 1 aliphatic heterocycles. The van der Waals surface area contributed by atoms with E-state index >= 15 is 0 Å². The molecule has 1 fully saturated rings. The van der Waals surface area contributed by atoms with Crippen molar-refractivity contribution in [2.45, 2.75) is 12.8 Å². The topological polar surface area (TPSA) is 89.7 Å². The fraction of sp³-hybridized carbons (Fsp3) is 0.182. The molecule has 0 saturated carbocycles. The third kappa shape index (κ3) is 2.28. The molecule has 0 spiro atoms. The lowest BCUT2D eigenvalue weighted by Gasteiger charge is -2.14. The SMILES string of the molecule is Nc1c(F)c(F)c(C(=O)ON2C(=O)CCC2=O)c(F)c1F. The Balaban J connectivity index is 2.41. The average molecular weight is 306 g/mol. The highest BCUT2D eigenvalue weighted by molar-refractivity contribution is 6.02. The Hall–Kier alpha value is -2.65. The van der Waals surface area contributed by atoms with Gasteiger partial charge in [-0.2, -0.15) is 0 Å². The molecule has 1 heterocycles. The monoisotopic (exact) mass is 306 g/mol. The number of imide groups is 1. The molecular weight excluding hydrogens is 300 g/mol. The van der Waals surface area contributed by atoms with Gasteiger partial charge in [-0.05, 0) is 0 Å². The van der Waals surface area contributed by atoms with Gasteiger partial charge in [0.05, 0.1) is 0 Å². The largest absolute Gasteiger partial charge is 0.394 e. The van der Waals surface area contributed by atoms with Crippen LogP contribution in [0.1, 0.15) is 23.2 Å². The van der Waals surface area contributed by atoms with E-state index < -0.39 is 52.3 Å². The normalized spacial score (nSPS) is 14.8. The average Bonchev–Trinajstić information content (AvgIpc) is 2.75. The maximum absolute atomic E-state index is 13.5. The van der Waals surface area contributed by atoms with Crippen molar-refractivity contribution in [1.29, 1.82) is 0 Å². The number of nitrogens with two attached hydrogens (primary N) is 1. The number of rotatable bonds is 2. The van der Waals surface area contributed by atoms with E-state index in [2.05, 4.69) is 4.84 Å². The number of anilines is 1. The zero-order chi connectivity index (χ0) is 15.9. The van der Waals surface area contributed by atoms with E-state index in [-0.39, 0.29) is 17.9 Å². The lowest BCUT2D eigenvalue weighted by atomic mass is 10.1. The zero-order valence-electron chi connectivity index (χ0n) is 10.1. The second-order valence-corrected chi connectivity index (χ2v) is 4.01. The number of carbonyl (C=O) groups is 3. The summed E-state index contributed by atoms with van der Waals surface area (Å²) in [7, 11) is 0. The molecule has 2 amide bonds. The zero-order valence-corrected chi connectivity index (χ0v) is 10.1. The van der Waals surface area contributed by atoms with Crippen LogP contribution >= 0.6 is 0 Å². The number of benzene rings is 1. The molecule has 0 aromatic heterocycles. The number of hydrogen-bond donors (Lipinski definition) is 1. The number of hydroxylamine groups is 2. The lowest BCUT2D eigenvalue weighted by Crippen LogP contribution is -2.33. The molecule has 112 valence electrons. The summed E-state index contributed by atoms with van der Waals surface area (Å²) in [5.74, 6) is -11.9. The van der Waals surface area contributed by atoms with Crippen molar-refractivity contribution in [3.63, 3.8) is 0 Å². The number of nitrogens with zero attached hydrogens (tertiary/aromatic N) is 1. The smallest absolute Gasteiger partial charge is 0.370 e. The minimum atomic E-state index is -2.09. The van der Waals surface area contributed by atoms with Gasteiger partial charge in [0.1, 0.15) is 11.3 Å². The molecule has 21 heavy (non-hydrogen) atoms. The highest BCUT2D eigenvalue weighted by Gasteiger charge is 2.36. The Morgan fingerprint density at radius 3 is 1.81 bits per heavy atom. The van der Waals surface area contributed by atoms with E-state index in [0.717, 1.165) is 0 Å². The van der Waals surface area contributed by atoms with E-state index in [4.69, 9.17) is 5.73 Å². The first kappa shape index (κ1) is 14.8. The van der Waals surface area contributed by atoms with Gasteiger partial charge < -0.3 is 10.6 Å². The summed E-state index contributed by atoms with van der Waals surface area (Å²) in [4.78, 5) is 38.1. The molecule has 0 atom stereocenters. The second-order valence-electron chi connectivity index (χ2n) is 4.01. The van der Waals surface area contributed by atoms with Crippen LogP contribution in [0.25, 0.3) is 0 Å². The summed E-state index contributed by atoms with van der Waals surface area (Å²) < 4.78 is 53.3. The van der Waals surface area contributed by atoms with Gasteiger partial charge in [0, 0.05) is 12.8 Å². The highest BCUT2D eigenvalue weighted by Crippen LogP contribution is 2.27. The molecule has 0 aliphatic carbocycles. The van der Waals surface area contributed by atoms with Crippen LogP contribution in [-0.4, -0.2) is 22.8 Å². The summed E-state index contributed by atoms with van der Waals surface area (Å²) in [6, 6.07) is 0. The van der Waals surface area contributed by atoms with Crippen molar-refractivity contribution in [3.05, 3.63) is 28.8 Å². The predicted molar refractivity (Wildman–Crippen MR) is 57.2 cm³/mol. The minimum absolute atomic E-state index is 0.0205. The Morgan fingerprint density at radius 2 is 1.38 bits per heavy atom. The van der Waals surface area contributed by atoms with Crippen molar-refractivity contribution in [2.75, 3.05) is 5.73 Å². The Labute approximate surface area is 114 Å². The molecule has 0 unspecified atom stereocenters. The third-order valence-electron chi connectivity index (χ3n) is 2.68. The van der Waals surface area contributed by atoms with Gasteiger partial charge >= 0.3 is 5.97 Å². The summed E-state index contributed by atoms with van der Waals surface area (Å²) in [6.45, 7) is 0. The highest BCUT2D eigenvalue weighted by atomic mass is 19.2. The minimum Gasteiger partial charge on any atom is -0.394 e. The van der Waals surface area contributed by atoms with Gasteiger partial charge in [-0.15, -0.1) is 5.06 Å². The Morgan fingerprint density at radius 1 is 0.952 bits per heavy atom. The number of nitrogen functional groups attached to an aromatic ring is 1. The maximum atomic E-state index is 13.5. The predicted octanol–water partition coefficient (Wildman–Crippen LogP) is 1.05. The molecule has 1 aliphatic rings. The van der Waals surface area contributed by atoms with Gasteiger partial charge in [-0.1, -0.05) is 0 Å². The van der Waals surface area contributed by atoms with Crippen molar-refractivity contribution in [2.24, 2.45) is 0 Å². The van der Waals surface area contributed by atoms with Crippen LogP contribution in [0, 0.1) is 23.3 Å². The molecule has 1 saturated heterocycles. The van der Waals surface area contributed by atoms with Crippen molar-refractivity contribution in [1.82, 2.24) is 5.06 Å². The first-order valence-corrected chi connectivity index (χ1v) is 5.45. The van der Waals surface area contributed by atoms with Crippen molar-refractivity contribution >= 4 is 23.5 Å². The molecule has 10 heteroatoms. The second kappa shape index (κ2) is 5.04. The van der Waals surface area contributed by atoms with Crippen LogP contribution < -0.4 is 5.73 Å². The summed E-state index contributed by atoms with van der Waals surface area (Å²) in [6.07, 6.45) is -0.525. The number of carbonyl (C=O) groups excluding carboxylic acids is 3. The van der Waals surface area contributed by atoms with E-state index in [1.54, 1.807) is 0 Å². The molecule has 0 radical (unpaired) electrons. The van der Waals surface area contributed by atoms with Crippen LogP contribution in [0.15, 0.2) is 0 Å². The maximum Gasteiger partial charge on any atom is 0.370 e. The van der Waals surface area contributed by atoms with Crippen LogP contribution in [0.3, 0.4) is 0 Å². The molecule has 1 aromatic carbocycles. The summed E-state index contributed by atoms with van der Waals surface area (Å²) >= 11 is 0. The Kier molecular flexibility index (Phi) is 3.54. The standard InChI is InChI=1S/C11H6F4N2O4/c12-6-5(7(13)9(15)10(16)8(6)14)11(20)21-17-3(18)1-2-4(17)19/h1-2,16H2. The van der Waals surface area contributed by atoms with E-state index in [0.29, 0.717) is 0 Å². The van der Waals surface area contributed by atoms with Gasteiger partial charge in [-0.3, -0.25) is 9.59 Å². The Bertz CT molecular complexity index is 632. The van der Waals surface area contributed by atoms with Crippen LogP contribution in [0.4, 0.5) is 23.2 Å². The fourth-order valence-electron chi connectivity index (χ4n) is 1.61. The molecular formula is C11H6F4N2O4. The van der Waals surface area contributed by atoms with E-state index in [1.807, 2.05) is 0 Å². The van der Waals surface area contributed by atoms with E-state index in [1.165, 1.54) is 0 Å². The van der Waals surface area contributed by atoms with Crippen molar-refractivity contribution < 1.29 is 36.8 Å². The fourth-order valence-corrected chi connectivity index (χ4v) is 1.61. The summed E-state index contributed by atoms with van der Waals surface area (Å²) in [5.41, 5.74) is 1.58. The molecule has 1 aromatic rings. The number of amides is 2. The van der Waals surface area contributed by atoms with E-state index in [9.17, 15) is 31.9 Å². The third-order valence-corrected chi connectivity index (χ3v) is 2.68. The lowest BCUT2D eigenvalue weighted by molar-refractivity contribution is -0.172. The first-order chi connectivity index (χ1) is 9.75. The van der Waals surface area contributed by atoms with Gasteiger partial charge in [0.25, 0.3) is 11.8 Å². The van der Waals surface area contributed by atoms with Gasteiger partial charge in [-0.25, -0.2) is 22.4 Å². The van der Waals surface area contributed by atoms with Crippen LogP contribution in [0.5, 0.6) is 0 Å². The molecule has 0 bridgehead atoms. The van der Waals surface area contributed by atoms with Gasteiger partial charge in [0.2, 0.25) is 0 Å². The van der Waals surface area contributed by atoms with Crippen molar-refractivity contribution in [3.8, 4) is 0 Å². The summed E-state index contributed by atoms with van der Waals surface area (Å²) in [5, 5.41) is -0.0205. The quantitative estimate of drug-likeness (QED) is 0.382. The number of halogens is 4. The molecule has 2 rings (SSSR count). The molecule has 2 N–H and O–H groups in total.